The molecule has 0 fully saturated rings. The number of hydrogen-bond acceptors (Lipinski definition) is 3. The van der Waals surface area contributed by atoms with Crippen LogP contribution in [0.4, 0.5) is 0 Å². The Hall–Kier alpha value is -1.36. The number of aromatic carboxylic acids is 1. The van der Waals surface area contributed by atoms with Gasteiger partial charge in [0.15, 0.2) is 5.69 Å². The van der Waals surface area contributed by atoms with Crippen molar-refractivity contribution in [1.82, 2.24) is 10.2 Å². The van der Waals surface area contributed by atoms with Crippen LogP contribution in [0, 0.1) is 0 Å². The minimum atomic E-state index is -1.01. The fourth-order valence-corrected chi connectivity index (χ4v) is 0.774. The number of aromatic nitrogens is 2. The Morgan fingerprint density at radius 3 is 2.57 bits per heavy atom. The summed E-state index contributed by atoms with van der Waals surface area (Å²) in [5.74, 6) is -1.01. The van der Waals surface area contributed by atoms with Gasteiger partial charge < -0.3 is 10.8 Å². The van der Waals surface area contributed by atoms with Crippen molar-refractivity contribution in [2.45, 2.75) is 26.2 Å². The molecule has 1 aromatic rings. The lowest BCUT2D eigenvalue weighted by atomic mass is 10.3. The van der Waals surface area contributed by atoms with Crippen LogP contribution in [-0.2, 0) is 0 Å². The lowest BCUT2D eigenvalue weighted by molar-refractivity contribution is 0.0690. The molecule has 14 heavy (non-hydrogen) atoms. The Bertz CT molecular complexity index is 230. The maximum atomic E-state index is 9.98. The van der Waals surface area contributed by atoms with E-state index in [1.165, 1.54) is 31.5 Å². The molecule has 1 aromatic heterocycles. The normalized spacial score (nSPS) is 9.00. The van der Waals surface area contributed by atoms with Crippen molar-refractivity contribution in [3.05, 3.63) is 18.0 Å². The second-order valence-electron chi connectivity index (χ2n) is 2.76. The van der Waals surface area contributed by atoms with E-state index in [0.717, 1.165) is 6.54 Å². The Balaban J connectivity index is 0.000000255. The number of unbranched alkanes of at least 4 members (excludes halogenated alkanes) is 2. The Morgan fingerprint density at radius 2 is 2.36 bits per heavy atom. The van der Waals surface area contributed by atoms with Crippen molar-refractivity contribution in [3.8, 4) is 0 Å². The van der Waals surface area contributed by atoms with E-state index >= 15 is 0 Å². The Morgan fingerprint density at radius 1 is 1.64 bits per heavy atom. The minimum Gasteiger partial charge on any atom is -0.476 e. The number of nitrogens with two attached hydrogens (primary N) is 1. The Kier molecular flexibility index (Phi) is 7.45. The quantitative estimate of drug-likeness (QED) is 0.636. The SMILES string of the molecule is CCCCCN.O=C(O)c1cc[nH]n1. The lowest BCUT2D eigenvalue weighted by Crippen LogP contribution is -1.96. The number of rotatable bonds is 4. The third-order valence-electron chi connectivity index (χ3n) is 1.53. The number of H-pyrrole nitrogens is 1. The average Bonchev–Trinajstić information content (AvgIpc) is 2.68. The first-order valence-corrected chi connectivity index (χ1v) is 4.65. The monoisotopic (exact) mass is 199 g/mol. The zero-order valence-corrected chi connectivity index (χ0v) is 8.36. The van der Waals surface area contributed by atoms with Crippen molar-refractivity contribution >= 4 is 5.97 Å². The smallest absolute Gasteiger partial charge is 0.356 e. The molecule has 80 valence electrons. The predicted molar refractivity (Wildman–Crippen MR) is 54.1 cm³/mol. The molecule has 0 aromatic carbocycles. The van der Waals surface area contributed by atoms with E-state index in [1.54, 1.807) is 0 Å². The number of nitrogens with zero attached hydrogens (tertiary/aromatic N) is 1. The first kappa shape index (κ1) is 12.6. The molecule has 0 saturated carbocycles. The van der Waals surface area contributed by atoms with E-state index in [4.69, 9.17) is 10.8 Å². The third-order valence-corrected chi connectivity index (χ3v) is 1.53. The highest BCUT2D eigenvalue weighted by atomic mass is 16.4. The number of nitrogens with one attached hydrogen (secondary N) is 1. The van der Waals surface area contributed by atoms with Gasteiger partial charge in [0.2, 0.25) is 0 Å². The van der Waals surface area contributed by atoms with Crippen LogP contribution < -0.4 is 5.73 Å². The number of carboxylic acid groups (broad SMARTS) is 1. The van der Waals surface area contributed by atoms with Gasteiger partial charge in [0.05, 0.1) is 0 Å². The van der Waals surface area contributed by atoms with Gasteiger partial charge in [0.25, 0.3) is 0 Å². The second kappa shape index (κ2) is 8.25. The van der Waals surface area contributed by atoms with E-state index in [2.05, 4.69) is 17.1 Å². The van der Waals surface area contributed by atoms with Crippen molar-refractivity contribution in [2.24, 2.45) is 5.73 Å². The molecular weight excluding hydrogens is 182 g/mol. The maximum Gasteiger partial charge on any atom is 0.356 e. The van der Waals surface area contributed by atoms with Gasteiger partial charge >= 0.3 is 5.97 Å². The van der Waals surface area contributed by atoms with Gasteiger partial charge in [0, 0.05) is 6.20 Å². The summed E-state index contributed by atoms with van der Waals surface area (Å²) in [6.45, 7) is 3.03. The van der Waals surface area contributed by atoms with Crippen LogP contribution in [0.1, 0.15) is 36.7 Å². The molecule has 4 N–H and O–H groups in total. The van der Waals surface area contributed by atoms with Crippen LogP contribution in [0.2, 0.25) is 0 Å². The van der Waals surface area contributed by atoms with Crippen molar-refractivity contribution in [1.29, 1.82) is 0 Å². The summed E-state index contributed by atoms with van der Waals surface area (Å²) in [6, 6.07) is 1.39. The molecule has 0 aliphatic carbocycles. The van der Waals surface area contributed by atoms with Crippen LogP contribution in [0.3, 0.4) is 0 Å². The maximum absolute atomic E-state index is 9.98. The van der Waals surface area contributed by atoms with Crippen LogP contribution in [0.5, 0.6) is 0 Å². The highest BCUT2D eigenvalue weighted by Gasteiger charge is 2.00. The molecule has 0 unspecified atom stereocenters. The molecule has 0 saturated heterocycles. The molecular formula is C9H17N3O2. The molecule has 0 spiro atoms. The summed E-state index contributed by atoms with van der Waals surface area (Å²) in [6.07, 6.45) is 5.22. The molecule has 1 heterocycles. The summed E-state index contributed by atoms with van der Waals surface area (Å²) in [7, 11) is 0. The molecule has 0 amide bonds. The second-order valence-corrected chi connectivity index (χ2v) is 2.76. The Labute approximate surface area is 83.3 Å². The van der Waals surface area contributed by atoms with Crippen molar-refractivity contribution < 1.29 is 9.90 Å². The standard InChI is InChI=1S/C5H13N.C4H4N2O2/c1-2-3-4-5-6;7-4(8)3-1-2-5-6-3/h2-6H2,1H3;1-2H,(H,5,6)(H,7,8). The minimum absolute atomic E-state index is 0.0463. The first-order valence-electron chi connectivity index (χ1n) is 4.65. The number of carbonyl (C=O) groups is 1. The number of aromatic amines is 1. The molecule has 0 bridgehead atoms. The van der Waals surface area contributed by atoms with E-state index in [-0.39, 0.29) is 5.69 Å². The third kappa shape index (κ3) is 6.19. The largest absolute Gasteiger partial charge is 0.476 e. The summed E-state index contributed by atoms with van der Waals surface area (Å²) in [4.78, 5) is 9.98. The molecule has 0 radical (unpaired) electrons. The number of carboxylic acids is 1. The van der Waals surface area contributed by atoms with Crippen molar-refractivity contribution in [3.63, 3.8) is 0 Å². The highest BCUT2D eigenvalue weighted by molar-refractivity contribution is 5.84. The zero-order valence-electron chi connectivity index (χ0n) is 8.36. The van der Waals surface area contributed by atoms with Gasteiger partial charge in [-0.05, 0) is 19.0 Å². The summed E-state index contributed by atoms with van der Waals surface area (Å²) in [5, 5.41) is 14.0. The molecule has 5 nitrogen and oxygen atoms in total. The van der Waals surface area contributed by atoms with Gasteiger partial charge in [0.1, 0.15) is 0 Å². The van der Waals surface area contributed by atoms with E-state index in [9.17, 15) is 4.79 Å². The van der Waals surface area contributed by atoms with Crippen LogP contribution >= 0.6 is 0 Å². The van der Waals surface area contributed by atoms with Gasteiger partial charge in [-0.3, -0.25) is 5.10 Å². The topological polar surface area (TPSA) is 92.0 Å². The van der Waals surface area contributed by atoms with Crippen molar-refractivity contribution in [2.75, 3.05) is 6.54 Å². The van der Waals surface area contributed by atoms with Crippen LogP contribution in [0.25, 0.3) is 0 Å². The van der Waals surface area contributed by atoms with Crippen LogP contribution in [0.15, 0.2) is 12.3 Å². The van der Waals surface area contributed by atoms with E-state index < -0.39 is 5.97 Å². The highest BCUT2D eigenvalue weighted by Crippen LogP contribution is 1.88. The number of hydrogen-bond donors (Lipinski definition) is 3. The molecule has 5 heteroatoms. The molecule has 1 rings (SSSR count). The predicted octanol–water partition coefficient (Wildman–Crippen LogP) is 1.24. The van der Waals surface area contributed by atoms with E-state index in [1.807, 2.05) is 0 Å². The molecule has 0 atom stereocenters. The van der Waals surface area contributed by atoms with E-state index in [0.29, 0.717) is 0 Å². The zero-order chi connectivity index (χ0) is 10.8. The van der Waals surface area contributed by atoms with Gasteiger partial charge in [-0.25, -0.2) is 4.79 Å². The summed E-state index contributed by atoms with van der Waals surface area (Å²) >= 11 is 0. The fraction of sp³-hybridized carbons (Fsp3) is 0.556. The van der Waals surface area contributed by atoms with Gasteiger partial charge in [-0.1, -0.05) is 19.8 Å². The summed E-state index contributed by atoms with van der Waals surface area (Å²) < 4.78 is 0. The van der Waals surface area contributed by atoms with Gasteiger partial charge in [-0.2, -0.15) is 5.10 Å². The molecule has 0 aliphatic rings. The lowest BCUT2D eigenvalue weighted by Gasteiger charge is -1.86. The average molecular weight is 199 g/mol. The van der Waals surface area contributed by atoms with Crippen LogP contribution in [-0.4, -0.2) is 27.8 Å². The fourth-order valence-electron chi connectivity index (χ4n) is 0.774. The summed E-state index contributed by atoms with van der Waals surface area (Å²) in [5.41, 5.74) is 5.26. The first-order chi connectivity index (χ1) is 6.72. The molecule has 0 aliphatic heterocycles. The van der Waals surface area contributed by atoms with Gasteiger partial charge in [-0.15, -0.1) is 0 Å².